The van der Waals surface area contributed by atoms with Gasteiger partial charge in [0.05, 0.1) is 17.4 Å². The van der Waals surface area contributed by atoms with Crippen LogP contribution in [0.4, 0.5) is 0 Å². The van der Waals surface area contributed by atoms with Gasteiger partial charge in [-0.2, -0.15) is 5.26 Å². The monoisotopic (exact) mass is 219 g/mol. The van der Waals surface area contributed by atoms with Crippen LogP contribution in [0.3, 0.4) is 0 Å². The number of rotatable bonds is 5. The van der Waals surface area contributed by atoms with Gasteiger partial charge in [0.2, 0.25) is 0 Å². The van der Waals surface area contributed by atoms with Crippen LogP contribution in [0.2, 0.25) is 0 Å². The van der Waals surface area contributed by atoms with Gasteiger partial charge in [-0.25, -0.2) is 0 Å². The van der Waals surface area contributed by atoms with Crippen molar-refractivity contribution in [2.24, 2.45) is 5.73 Å². The molecule has 0 aromatic carbocycles. The zero-order valence-corrected chi connectivity index (χ0v) is 9.68. The minimum absolute atomic E-state index is 0.00792. The van der Waals surface area contributed by atoms with Gasteiger partial charge in [-0.3, -0.25) is 4.98 Å². The van der Waals surface area contributed by atoms with E-state index in [1.54, 1.807) is 25.4 Å². The number of pyridine rings is 1. The molecule has 1 heterocycles. The minimum Gasteiger partial charge on any atom is -0.380 e. The summed E-state index contributed by atoms with van der Waals surface area (Å²) in [6.07, 6.45) is 3.10. The van der Waals surface area contributed by atoms with E-state index in [0.717, 1.165) is 12.1 Å². The average molecular weight is 219 g/mol. The highest BCUT2D eigenvalue weighted by Gasteiger charge is 2.17. The highest BCUT2D eigenvalue weighted by molar-refractivity contribution is 5.33. The second-order valence-corrected chi connectivity index (χ2v) is 3.66. The summed E-state index contributed by atoms with van der Waals surface area (Å²) in [4.78, 5) is 4.18. The number of aromatic nitrogens is 1. The summed E-state index contributed by atoms with van der Waals surface area (Å²) < 4.78 is 5.27. The van der Waals surface area contributed by atoms with E-state index in [2.05, 4.69) is 11.1 Å². The van der Waals surface area contributed by atoms with Gasteiger partial charge in [-0.05, 0) is 18.6 Å². The zero-order valence-electron chi connectivity index (χ0n) is 9.68. The minimum atomic E-state index is -0.128. The molecule has 1 aromatic heterocycles. The average Bonchev–Trinajstić information content (AvgIpc) is 2.31. The Balaban J connectivity index is 2.76. The summed E-state index contributed by atoms with van der Waals surface area (Å²) in [5, 5.41) is 8.92. The molecule has 16 heavy (non-hydrogen) atoms. The normalized spacial score (nSPS) is 14.1. The number of methoxy groups -OCH3 is 1. The topological polar surface area (TPSA) is 71.9 Å². The molecule has 0 radical (unpaired) electrons. The Morgan fingerprint density at radius 1 is 1.62 bits per heavy atom. The lowest BCUT2D eigenvalue weighted by Crippen LogP contribution is -2.38. The first-order valence-corrected chi connectivity index (χ1v) is 5.35. The van der Waals surface area contributed by atoms with E-state index in [1.807, 2.05) is 6.92 Å². The lowest BCUT2D eigenvalue weighted by molar-refractivity contribution is 0.0770. The molecule has 2 atom stereocenters. The summed E-state index contributed by atoms with van der Waals surface area (Å²) in [7, 11) is 1.65. The maximum Gasteiger partial charge on any atom is 0.101 e. The Hall–Kier alpha value is -1.44. The predicted molar refractivity (Wildman–Crippen MR) is 61.7 cm³/mol. The molecule has 1 aromatic rings. The third kappa shape index (κ3) is 3.02. The second kappa shape index (κ2) is 6.21. The van der Waals surface area contributed by atoms with Gasteiger partial charge in [0.1, 0.15) is 6.07 Å². The molecule has 0 fully saturated rings. The van der Waals surface area contributed by atoms with Gasteiger partial charge in [-0.1, -0.05) is 6.92 Å². The quantitative estimate of drug-likeness (QED) is 0.809. The van der Waals surface area contributed by atoms with Crippen molar-refractivity contribution >= 4 is 0 Å². The largest absolute Gasteiger partial charge is 0.380 e. The maximum absolute atomic E-state index is 8.92. The van der Waals surface area contributed by atoms with Gasteiger partial charge in [-0.15, -0.1) is 0 Å². The Kier molecular flexibility index (Phi) is 4.90. The molecule has 0 bridgehead atoms. The summed E-state index contributed by atoms with van der Waals surface area (Å²) in [6.45, 7) is 2.03. The molecule has 2 N–H and O–H groups in total. The second-order valence-electron chi connectivity index (χ2n) is 3.66. The van der Waals surface area contributed by atoms with E-state index in [0.29, 0.717) is 12.0 Å². The molecular weight excluding hydrogens is 202 g/mol. The van der Waals surface area contributed by atoms with Crippen LogP contribution in [0, 0.1) is 11.3 Å². The van der Waals surface area contributed by atoms with Gasteiger partial charge < -0.3 is 10.5 Å². The van der Waals surface area contributed by atoms with Crippen molar-refractivity contribution < 1.29 is 4.74 Å². The third-order valence-electron chi connectivity index (χ3n) is 2.62. The lowest BCUT2D eigenvalue weighted by Gasteiger charge is -2.20. The van der Waals surface area contributed by atoms with Gasteiger partial charge in [0, 0.05) is 25.8 Å². The standard InChI is InChI=1S/C12H17N3O/c1-3-12(16-2)10(14)7-11-9(8-13)5-4-6-15-11/h4-6,10,12H,3,7,14H2,1-2H3/t10-,12-/m1/s1. The summed E-state index contributed by atoms with van der Waals surface area (Å²) in [5.41, 5.74) is 7.35. The molecule has 4 nitrogen and oxygen atoms in total. The van der Waals surface area contributed by atoms with Crippen LogP contribution in [0.25, 0.3) is 0 Å². The van der Waals surface area contributed by atoms with Gasteiger partial charge in [0.25, 0.3) is 0 Å². The number of nitriles is 1. The van der Waals surface area contributed by atoms with Crippen molar-refractivity contribution in [1.29, 1.82) is 5.26 Å². The predicted octanol–water partition coefficient (Wildman–Crippen LogP) is 1.25. The van der Waals surface area contributed by atoms with Crippen molar-refractivity contribution in [2.45, 2.75) is 31.9 Å². The number of hydrogen-bond acceptors (Lipinski definition) is 4. The first-order valence-electron chi connectivity index (χ1n) is 5.35. The molecule has 0 amide bonds. The highest BCUT2D eigenvalue weighted by Crippen LogP contribution is 2.10. The molecule has 4 heteroatoms. The molecule has 0 saturated carbocycles. The van der Waals surface area contributed by atoms with Crippen LogP contribution < -0.4 is 5.73 Å². The fraction of sp³-hybridized carbons (Fsp3) is 0.500. The van der Waals surface area contributed by atoms with E-state index in [1.165, 1.54) is 0 Å². The molecule has 86 valence electrons. The number of nitrogens with two attached hydrogens (primary N) is 1. The molecule has 0 spiro atoms. The van der Waals surface area contributed by atoms with Crippen LogP contribution in [-0.4, -0.2) is 24.2 Å². The fourth-order valence-electron chi connectivity index (χ4n) is 1.70. The van der Waals surface area contributed by atoms with Crippen molar-refractivity contribution in [2.75, 3.05) is 7.11 Å². The zero-order chi connectivity index (χ0) is 12.0. The van der Waals surface area contributed by atoms with E-state index < -0.39 is 0 Å². The number of hydrogen-bond donors (Lipinski definition) is 1. The highest BCUT2D eigenvalue weighted by atomic mass is 16.5. The Labute approximate surface area is 96.1 Å². The van der Waals surface area contributed by atoms with Crippen LogP contribution >= 0.6 is 0 Å². The Morgan fingerprint density at radius 3 is 2.94 bits per heavy atom. The Bertz CT molecular complexity index is 369. The third-order valence-corrected chi connectivity index (χ3v) is 2.62. The van der Waals surface area contributed by atoms with Crippen molar-refractivity contribution in [3.05, 3.63) is 29.6 Å². The summed E-state index contributed by atoms with van der Waals surface area (Å²) in [6, 6.07) is 5.49. The van der Waals surface area contributed by atoms with Crippen molar-refractivity contribution in [3.63, 3.8) is 0 Å². The maximum atomic E-state index is 8.92. The molecule has 0 unspecified atom stereocenters. The van der Waals surface area contributed by atoms with Crippen molar-refractivity contribution in [3.8, 4) is 6.07 Å². The van der Waals surface area contributed by atoms with Crippen molar-refractivity contribution in [1.82, 2.24) is 4.98 Å². The van der Waals surface area contributed by atoms with E-state index in [9.17, 15) is 0 Å². The molecule has 0 aliphatic heterocycles. The van der Waals surface area contributed by atoms with Crippen LogP contribution in [0.1, 0.15) is 24.6 Å². The van der Waals surface area contributed by atoms with Crippen LogP contribution in [0.5, 0.6) is 0 Å². The molecular formula is C12H17N3O. The smallest absolute Gasteiger partial charge is 0.101 e. The number of nitrogens with zero attached hydrogens (tertiary/aromatic N) is 2. The van der Waals surface area contributed by atoms with E-state index in [4.69, 9.17) is 15.7 Å². The SMILES string of the molecule is CC[C@@H](OC)[C@H](N)Cc1ncccc1C#N. The fourth-order valence-corrected chi connectivity index (χ4v) is 1.70. The summed E-state index contributed by atoms with van der Waals surface area (Å²) in [5.74, 6) is 0. The first kappa shape index (κ1) is 12.6. The van der Waals surface area contributed by atoms with Gasteiger partial charge >= 0.3 is 0 Å². The number of ether oxygens (including phenoxy) is 1. The first-order chi connectivity index (χ1) is 7.72. The van der Waals surface area contributed by atoms with E-state index >= 15 is 0 Å². The van der Waals surface area contributed by atoms with E-state index in [-0.39, 0.29) is 12.1 Å². The summed E-state index contributed by atoms with van der Waals surface area (Å²) >= 11 is 0. The van der Waals surface area contributed by atoms with Crippen LogP contribution in [0.15, 0.2) is 18.3 Å². The van der Waals surface area contributed by atoms with Crippen LogP contribution in [-0.2, 0) is 11.2 Å². The molecule has 0 aliphatic carbocycles. The molecule has 0 aliphatic rings. The molecule has 1 rings (SSSR count). The lowest BCUT2D eigenvalue weighted by atomic mass is 10.0. The molecule has 0 saturated heterocycles. The van der Waals surface area contributed by atoms with Gasteiger partial charge in [0.15, 0.2) is 0 Å². The Morgan fingerprint density at radius 2 is 2.38 bits per heavy atom.